The molecule has 1 amide bonds. The van der Waals surface area contributed by atoms with Gasteiger partial charge in [-0.15, -0.1) is 0 Å². The van der Waals surface area contributed by atoms with Crippen LogP contribution in [0.5, 0.6) is 0 Å². The molecule has 2 fully saturated rings. The minimum atomic E-state index is -3.66. The van der Waals surface area contributed by atoms with Gasteiger partial charge in [0.05, 0.1) is 42.1 Å². The Bertz CT molecular complexity index is 963. The molecule has 176 valence electrons. The molecule has 2 heterocycles. The van der Waals surface area contributed by atoms with Crippen LogP contribution in [0.25, 0.3) is 0 Å². The van der Waals surface area contributed by atoms with Gasteiger partial charge in [-0.2, -0.15) is 9.57 Å². The van der Waals surface area contributed by atoms with Gasteiger partial charge in [0.2, 0.25) is 15.9 Å². The van der Waals surface area contributed by atoms with Crippen LogP contribution in [0, 0.1) is 17.2 Å². The summed E-state index contributed by atoms with van der Waals surface area (Å²) in [6.45, 7) is 8.56. The molecule has 1 aromatic carbocycles. The van der Waals surface area contributed by atoms with Gasteiger partial charge in [0, 0.05) is 26.2 Å². The molecule has 0 aliphatic carbocycles. The molecular formula is C22H33N5O4S. The van der Waals surface area contributed by atoms with Crippen molar-refractivity contribution >= 4 is 27.3 Å². The number of amides is 1. The van der Waals surface area contributed by atoms with Gasteiger partial charge >= 0.3 is 0 Å². The van der Waals surface area contributed by atoms with Crippen LogP contribution in [-0.2, 0) is 19.6 Å². The minimum Gasteiger partial charge on any atom is -0.379 e. The van der Waals surface area contributed by atoms with E-state index in [0.29, 0.717) is 32.0 Å². The maximum atomic E-state index is 13.1. The van der Waals surface area contributed by atoms with Crippen LogP contribution in [-0.4, -0.2) is 70.1 Å². The van der Waals surface area contributed by atoms with Crippen molar-refractivity contribution in [1.82, 2.24) is 9.62 Å². The normalized spacial score (nSPS) is 19.4. The van der Waals surface area contributed by atoms with Crippen LogP contribution in [0.15, 0.2) is 23.1 Å². The van der Waals surface area contributed by atoms with Crippen molar-refractivity contribution in [2.45, 2.75) is 44.0 Å². The van der Waals surface area contributed by atoms with Gasteiger partial charge in [-0.3, -0.25) is 4.79 Å². The molecule has 0 saturated carbocycles. The van der Waals surface area contributed by atoms with Crippen LogP contribution in [0.4, 0.5) is 11.4 Å². The predicted molar refractivity (Wildman–Crippen MR) is 123 cm³/mol. The third-order valence-electron chi connectivity index (χ3n) is 6.25. The second-order valence-electron chi connectivity index (χ2n) is 8.76. The van der Waals surface area contributed by atoms with Crippen molar-refractivity contribution < 1.29 is 17.9 Å². The van der Waals surface area contributed by atoms with Crippen LogP contribution >= 0.6 is 0 Å². The summed E-state index contributed by atoms with van der Waals surface area (Å²) in [7, 11) is -3.66. The van der Waals surface area contributed by atoms with E-state index in [1.165, 1.54) is 4.31 Å². The van der Waals surface area contributed by atoms with Crippen LogP contribution in [0.3, 0.4) is 0 Å². The van der Waals surface area contributed by atoms with Crippen molar-refractivity contribution in [3.05, 3.63) is 18.2 Å². The topological polar surface area (TPSA) is 115 Å². The number of nitrogens with zero attached hydrogens (tertiary/aromatic N) is 3. The third kappa shape index (κ3) is 5.34. The maximum Gasteiger partial charge on any atom is 0.243 e. The van der Waals surface area contributed by atoms with Crippen molar-refractivity contribution in [2.75, 3.05) is 56.2 Å². The minimum absolute atomic E-state index is 0.0568. The zero-order valence-electron chi connectivity index (χ0n) is 19.1. The number of ether oxygens (including phenoxy) is 1. The molecule has 1 atom stereocenters. The second-order valence-corrected chi connectivity index (χ2v) is 10.7. The molecule has 9 nitrogen and oxygen atoms in total. The fourth-order valence-corrected chi connectivity index (χ4v) is 5.23. The highest BCUT2D eigenvalue weighted by molar-refractivity contribution is 7.89. The molecule has 0 aromatic heterocycles. The fourth-order valence-electron chi connectivity index (χ4n) is 3.80. The highest BCUT2D eigenvalue weighted by atomic mass is 32.2. The summed E-state index contributed by atoms with van der Waals surface area (Å²) in [4.78, 5) is 15.0. The lowest BCUT2D eigenvalue weighted by Gasteiger charge is -2.28. The van der Waals surface area contributed by atoms with Crippen molar-refractivity contribution in [3.63, 3.8) is 0 Å². The average Bonchev–Trinajstić information content (AvgIpc) is 3.32. The Kier molecular flexibility index (Phi) is 7.64. The van der Waals surface area contributed by atoms with Gasteiger partial charge in [-0.1, -0.05) is 13.8 Å². The van der Waals surface area contributed by atoms with Crippen LogP contribution < -0.4 is 15.5 Å². The smallest absolute Gasteiger partial charge is 0.243 e. The van der Waals surface area contributed by atoms with Gasteiger partial charge in [0.15, 0.2) is 0 Å². The summed E-state index contributed by atoms with van der Waals surface area (Å²) < 4.78 is 33.0. The van der Waals surface area contributed by atoms with Gasteiger partial charge in [-0.25, -0.2) is 8.42 Å². The number of nitrogens with one attached hydrogen (secondary N) is 2. The van der Waals surface area contributed by atoms with E-state index < -0.39 is 15.6 Å². The van der Waals surface area contributed by atoms with E-state index in [2.05, 4.69) is 21.6 Å². The average molecular weight is 464 g/mol. The zero-order chi connectivity index (χ0) is 23.4. The first kappa shape index (κ1) is 24.3. The quantitative estimate of drug-likeness (QED) is 0.604. The highest BCUT2D eigenvalue weighted by Gasteiger charge is 2.31. The van der Waals surface area contributed by atoms with Gasteiger partial charge in [0.1, 0.15) is 5.54 Å². The molecule has 1 unspecified atom stereocenters. The van der Waals surface area contributed by atoms with Crippen LogP contribution in [0.1, 0.15) is 33.6 Å². The lowest BCUT2D eigenvalue weighted by Crippen LogP contribution is -2.50. The van der Waals surface area contributed by atoms with Gasteiger partial charge in [-0.05, 0) is 43.9 Å². The number of carbonyl (C=O) groups is 1. The number of hydrogen-bond donors (Lipinski definition) is 2. The van der Waals surface area contributed by atoms with Crippen molar-refractivity contribution in [3.8, 4) is 6.07 Å². The first-order valence-corrected chi connectivity index (χ1v) is 12.5. The summed E-state index contributed by atoms with van der Waals surface area (Å²) in [6, 6.07) is 7.22. The monoisotopic (exact) mass is 463 g/mol. The first-order chi connectivity index (χ1) is 15.2. The first-order valence-electron chi connectivity index (χ1n) is 11.1. The molecule has 2 aliphatic heterocycles. The predicted octanol–water partition coefficient (Wildman–Crippen LogP) is 1.77. The lowest BCUT2D eigenvalue weighted by atomic mass is 9.90. The largest absolute Gasteiger partial charge is 0.379 e. The molecule has 32 heavy (non-hydrogen) atoms. The summed E-state index contributed by atoms with van der Waals surface area (Å²) >= 11 is 0. The Morgan fingerprint density at radius 1 is 1.22 bits per heavy atom. The summed E-state index contributed by atoms with van der Waals surface area (Å²) in [5.74, 6) is -0.379. The molecule has 0 radical (unpaired) electrons. The van der Waals surface area contributed by atoms with Crippen LogP contribution in [0.2, 0.25) is 0 Å². The maximum absolute atomic E-state index is 13.1. The zero-order valence-corrected chi connectivity index (χ0v) is 19.9. The molecule has 3 rings (SSSR count). The molecule has 2 aliphatic rings. The number of rotatable bonds is 8. The fraction of sp³-hybridized carbons (Fsp3) is 0.636. The lowest BCUT2D eigenvalue weighted by molar-refractivity contribution is -0.121. The third-order valence-corrected chi connectivity index (χ3v) is 8.14. The number of morpholine rings is 1. The van der Waals surface area contributed by atoms with Gasteiger partial charge in [0.25, 0.3) is 0 Å². The highest BCUT2D eigenvalue weighted by Crippen LogP contribution is 2.32. The van der Waals surface area contributed by atoms with Crippen molar-refractivity contribution in [2.24, 2.45) is 5.92 Å². The van der Waals surface area contributed by atoms with E-state index in [1.54, 1.807) is 19.1 Å². The van der Waals surface area contributed by atoms with E-state index in [9.17, 15) is 18.5 Å². The second kappa shape index (κ2) is 10.1. The van der Waals surface area contributed by atoms with E-state index in [4.69, 9.17) is 4.74 Å². The Balaban J connectivity index is 1.83. The standard InChI is InChI=1S/C22H33N5O4S/c1-17(2)22(3,16-23)25-21(28)15-24-19-14-18(6-7-20(19)26-8-4-5-9-26)32(29,30)27-10-12-31-13-11-27/h6-7,14,17,24H,4-5,8-13,15H2,1-3H3,(H,25,28). The Morgan fingerprint density at radius 3 is 2.47 bits per heavy atom. The SMILES string of the molecule is CC(C)C(C)(C#N)NC(=O)CNc1cc(S(=O)(=O)N2CCOCC2)ccc1N1CCCC1. The number of sulfonamides is 1. The summed E-state index contributed by atoms with van der Waals surface area (Å²) in [5, 5.41) is 15.4. The number of anilines is 2. The summed E-state index contributed by atoms with van der Waals surface area (Å²) in [6.07, 6.45) is 2.14. The van der Waals surface area contributed by atoms with E-state index in [0.717, 1.165) is 31.6 Å². The molecule has 0 bridgehead atoms. The van der Waals surface area contributed by atoms with Gasteiger partial charge < -0.3 is 20.3 Å². The van der Waals surface area contributed by atoms with E-state index in [1.807, 2.05) is 19.9 Å². The van der Waals surface area contributed by atoms with Crippen molar-refractivity contribution in [1.29, 1.82) is 5.26 Å². The van der Waals surface area contributed by atoms with E-state index in [-0.39, 0.29) is 23.3 Å². The number of benzene rings is 1. The molecule has 1 aromatic rings. The number of nitriles is 1. The Hall–Kier alpha value is -2.35. The molecule has 10 heteroatoms. The Morgan fingerprint density at radius 2 is 1.88 bits per heavy atom. The Labute approximate surface area is 190 Å². The number of hydrogen-bond acceptors (Lipinski definition) is 7. The molecule has 0 spiro atoms. The molecular weight excluding hydrogens is 430 g/mol. The van der Waals surface area contributed by atoms with E-state index >= 15 is 0 Å². The molecule has 2 N–H and O–H groups in total. The number of carbonyl (C=O) groups excluding carboxylic acids is 1. The molecule has 2 saturated heterocycles. The summed E-state index contributed by atoms with van der Waals surface area (Å²) in [5.41, 5.74) is 0.501.